The Morgan fingerprint density at radius 2 is 2.10 bits per heavy atom. The Bertz CT molecular complexity index is 1100. The van der Waals surface area contributed by atoms with Crippen LogP contribution >= 0.6 is 23.4 Å². The third kappa shape index (κ3) is 4.52. The summed E-state index contributed by atoms with van der Waals surface area (Å²) in [7, 11) is 3.35. The number of methoxy groups -OCH3 is 1. The number of aryl methyl sites for hydroxylation is 3. The normalized spacial score (nSPS) is 11.3. The molecule has 3 aromatic rings. The second-order valence-corrected chi connectivity index (χ2v) is 8.08. The van der Waals surface area contributed by atoms with E-state index in [-0.39, 0.29) is 27.9 Å². The number of nitrogens with one attached hydrogen (secondary N) is 1. The molecule has 1 N–H and O–H groups in total. The van der Waals surface area contributed by atoms with Crippen LogP contribution in [0.15, 0.2) is 23.1 Å². The fourth-order valence-corrected chi connectivity index (χ4v) is 4.29. The fraction of sp³-hybridized carbons (Fsp3) is 0.350. The number of halogens is 3. The van der Waals surface area contributed by atoms with Crippen LogP contribution in [0, 0.1) is 13.8 Å². The minimum atomic E-state index is -2.64. The molecule has 0 atom stereocenters. The highest BCUT2D eigenvalue weighted by Crippen LogP contribution is 2.37. The zero-order chi connectivity index (χ0) is 22.0. The minimum Gasteiger partial charge on any atom is -0.479 e. The molecule has 0 fully saturated rings. The van der Waals surface area contributed by atoms with Crippen molar-refractivity contribution in [2.24, 2.45) is 7.05 Å². The summed E-state index contributed by atoms with van der Waals surface area (Å²) in [5, 5.41) is 7.99. The number of alkyl halides is 2. The van der Waals surface area contributed by atoms with Gasteiger partial charge in [0.25, 0.3) is 5.76 Å². The fourth-order valence-electron chi connectivity index (χ4n) is 3.37. The van der Waals surface area contributed by atoms with Gasteiger partial charge < -0.3 is 10.1 Å². The number of thioether (sulfide) groups is 1. The summed E-state index contributed by atoms with van der Waals surface area (Å²) in [6.07, 6.45) is 0.588. The van der Waals surface area contributed by atoms with E-state index in [0.29, 0.717) is 29.7 Å². The van der Waals surface area contributed by atoms with Crippen molar-refractivity contribution in [2.75, 3.05) is 12.4 Å². The van der Waals surface area contributed by atoms with Gasteiger partial charge in [0, 0.05) is 19.2 Å². The number of aromatic nitrogens is 3. The Kier molecular flexibility index (Phi) is 6.82. The maximum atomic E-state index is 12.8. The third-order valence-electron chi connectivity index (χ3n) is 4.77. The van der Waals surface area contributed by atoms with Crippen molar-refractivity contribution in [1.82, 2.24) is 14.8 Å². The monoisotopic (exact) mass is 454 g/mol. The molecule has 160 valence electrons. The smallest absolute Gasteiger partial charge is 0.289 e. The molecule has 30 heavy (non-hydrogen) atoms. The first-order valence-corrected chi connectivity index (χ1v) is 10.4. The van der Waals surface area contributed by atoms with Crippen LogP contribution in [0.5, 0.6) is 5.88 Å². The molecule has 1 aromatic carbocycles. The largest absolute Gasteiger partial charge is 0.479 e. The lowest BCUT2D eigenvalue weighted by Gasteiger charge is -2.13. The third-order valence-corrected chi connectivity index (χ3v) is 6.05. The summed E-state index contributed by atoms with van der Waals surface area (Å²) in [4.78, 5) is 17.3. The first-order chi connectivity index (χ1) is 14.2. The number of pyridine rings is 1. The molecule has 10 heteroatoms. The zero-order valence-electron chi connectivity index (χ0n) is 16.9. The number of hydrogen-bond donors (Lipinski definition) is 1. The Morgan fingerprint density at radius 1 is 1.37 bits per heavy atom. The average Bonchev–Trinajstić information content (AvgIpc) is 3.00. The number of amides is 1. The minimum absolute atomic E-state index is 0.151. The number of anilines is 1. The Labute approximate surface area is 181 Å². The second kappa shape index (κ2) is 9.18. The topological polar surface area (TPSA) is 69.0 Å². The summed E-state index contributed by atoms with van der Waals surface area (Å²) in [5.41, 5.74) is 3.66. The molecular formula is C20H21ClF2N4O2S. The maximum Gasteiger partial charge on any atom is 0.289 e. The van der Waals surface area contributed by atoms with Gasteiger partial charge in [-0.1, -0.05) is 29.4 Å². The van der Waals surface area contributed by atoms with Gasteiger partial charge in [0.1, 0.15) is 0 Å². The Morgan fingerprint density at radius 3 is 2.77 bits per heavy atom. The van der Waals surface area contributed by atoms with Crippen LogP contribution in [-0.2, 0) is 18.3 Å². The number of benzene rings is 1. The molecule has 1 amide bonds. The number of carbonyl (C=O) groups is 1. The van der Waals surface area contributed by atoms with E-state index in [1.165, 1.54) is 6.07 Å². The lowest BCUT2D eigenvalue weighted by molar-refractivity contribution is -0.116. The van der Waals surface area contributed by atoms with E-state index in [1.807, 2.05) is 13.8 Å². The molecule has 0 bridgehead atoms. The zero-order valence-corrected chi connectivity index (χ0v) is 18.5. The van der Waals surface area contributed by atoms with E-state index in [1.54, 1.807) is 31.0 Å². The standard InChI is InChI=1S/C20H21ClF2N4O2S/c1-10-12(11(2)24-18-16(10)19(29-4)26-27(18)3)8-9-15(28)25-14-7-5-6-13(21)17(14)30-20(22)23/h5-7,20H,8-9H2,1-4H3,(H,25,28). The van der Waals surface area contributed by atoms with Crippen molar-refractivity contribution in [1.29, 1.82) is 0 Å². The number of hydrogen-bond acceptors (Lipinski definition) is 5. The molecule has 0 spiro atoms. The van der Waals surface area contributed by atoms with Crippen LogP contribution < -0.4 is 10.1 Å². The molecular weight excluding hydrogens is 434 g/mol. The van der Waals surface area contributed by atoms with Gasteiger partial charge in [-0.25, -0.2) is 9.67 Å². The predicted octanol–water partition coefficient (Wildman–Crippen LogP) is 5.13. The molecule has 0 unspecified atom stereocenters. The van der Waals surface area contributed by atoms with E-state index in [2.05, 4.69) is 15.4 Å². The van der Waals surface area contributed by atoms with Crippen molar-refractivity contribution in [3.05, 3.63) is 40.0 Å². The van der Waals surface area contributed by atoms with Crippen LogP contribution in [0.25, 0.3) is 11.0 Å². The van der Waals surface area contributed by atoms with E-state index >= 15 is 0 Å². The van der Waals surface area contributed by atoms with Crippen molar-refractivity contribution in [2.45, 2.75) is 37.3 Å². The van der Waals surface area contributed by atoms with Gasteiger partial charge in [0.05, 0.1) is 28.1 Å². The van der Waals surface area contributed by atoms with Crippen LogP contribution in [0.4, 0.5) is 14.5 Å². The summed E-state index contributed by atoms with van der Waals surface area (Å²) in [6.45, 7) is 3.83. The lowest BCUT2D eigenvalue weighted by Crippen LogP contribution is -2.14. The number of carbonyl (C=O) groups excluding carboxylic acids is 1. The lowest BCUT2D eigenvalue weighted by atomic mass is 10.00. The first kappa shape index (κ1) is 22.3. The Hall–Kier alpha value is -2.39. The number of nitrogens with zero attached hydrogens (tertiary/aromatic N) is 3. The molecule has 0 radical (unpaired) electrons. The molecule has 2 heterocycles. The highest BCUT2D eigenvalue weighted by Gasteiger charge is 2.19. The van der Waals surface area contributed by atoms with Crippen molar-refractivity contribution >= 4 is 46.0 Å². The number of rotatable bonds is 7. The molecule has 0 aliphatic rings. The van der Waals surface area contributed by atoms with Gasteiger partial charge in [-0.3, -0.25) is 4.79 Å². The highest BCUT2D eigenvalue weighted by molar-refractivity contribution is 7.99. The van der Waals surface area contributed by atoms with E-state index in [4.69, 9.17) is 16.3 Å². The van der Waals surface area contributed by atoms with Gasteiger partial charge >= 0.3 is 0 Å². The molecule has 0 saturated carbocycles. The number of ether oxygens (including phenoxy) is 1. The van der Waals surface area contributed by atoms with Crippen molar-refractivity contribution in [3.63, 3.8) is 0 Å². The Balaban J connectivity index is 1.80. The molecule has 3 rings (SSSR count). The summed E-state index contributed by atoms with van der Waals surface area (Å²) in [5.74, 6) is -2.46. The van der Waals surface area contributed by atoms with Crippen LogP contribution in [0.3, 0.4) is 0 Å². The SMILES string of the molecule is COc1nn(C)c2nc(C)c(CCC(=O)Nc3cccc(Cl)c3SC(F)F)c(C)c12. The maximum absolute atomic E-state index is 12.8. The van der Waals surface area contributed by atoms with E-state index < -0.39 is 5.76 Å². The second-order valence-electron chi connectivity index (χ2n) is 6.68. The summed E-state index contributed by atoms with van der Waals surface area (Å²) >= 11 is 6.33. The molecule has 6 nitrogen and oxygen atoms in total. The van der Waals surface area contributed by atoms with Gasteiger partial charge in [-0.2, -0.15) is 8.78 Å². The van der Waals surface area contributed by atoms with Gasteiger partial charge in [0.15, 0.2) is 5.65 Å². The van der Waals surface area contributed by atoms with Gasteiger partial charge in [0.2, 0.25) is 11.8 Å². The molecule has 0 aliphatic heterocycles. The van der Waals surface area contributed by atoms with E-state index in [9.17, 15) is 13.6 Å². The molecule has 2 aromatic heterocycles. The van der Waals surface area contributed by atoms with Crippen LogP contribution in [0.2, 0.25) is 5.02 Å². The van der Waals surface area contributed by atoms with Crippen molar-refractivity contribution < 1.29 is 18.3 Å². The summed E-state index contributed by atoms with van der Waals surface area (Å²) < 4.78 is 32.7. The molecule has 0 aliphatic carbocycles. The number of fused-ring (bicyclic) bond motifs is 1. The highest BCUT2D eigenvalue weighted by atomic mass is 35.5. The van der Waals surface area contributed by atoms with Gasteiger partial charge in [-0.05, 0) is 43.5 Å². The average molecular weight is 455 g/mol. The first-order valence-electron chi connectivity index (χ1n) is 9.12. The summed E-state index contributed by atoms with van der Waals surface area (Å²) in [6, 6.07) is 4.67. The van der Waals surface area contributed by atoms with Crippen LogP contribution in [0.1, 0.15) is 23.2 Å². The van der Waals surface area contributed by atoms with Crippen molar-refractivity contribution in [3.8, 4) is 5.88 Å². The van der Waals surface area contributed by atoms with Gasteiger partial charge in [-0.15, -0.1) is 5.10 Å². The molecule has 0 saturated heterocycles. The van der Waals surface area contributed by atoms with E-state index in [0.717, 1.165) is 22.2 Å². The quantitative estimate of drug-likeness (QED) is 0.501. The van der Waals surface area contributed by atoms with Crippen LogP contribution in [-0.4, -0.2) is 33.5 Å². The predicted molar refractivity (Wildman–Crippen MR) is 115 cm³/mol.